The van der Waals surface area contributed by atoms with Crippen LogP contribution in [0, 0.1) is 11.3 Å². The van der Waals surface area contributed by atoms with Crippen molar-refractivity contribution in [3.8, 4) is 0 Å². The quantitative estimate of drug-likeness (QED) is 0.606. The van der Waals surface area contributed by atoms with Gasteiger partial charge in [-0.25, -0.2) is 4.79 Å². The second-order valence-electron chi connectivity index (χ2n) is 5.05. The zero-order valence-electron chi connectivity index (χ0n) is 10.9. The average molecular weight is 262 g/mol. The predicted octanol–water partition coefficient (Wildman–Crippen LogP) is 1.56. The fourth-order valence-electron chi connectivity index (χ4n) is 2.85. The first-order chi connectivity index (χ1) is 9.07. The van der Waals surface area contributed by atoms with Gasteiger partial charge >= 0.3 is 5.97 Å². The minimum Gasteiger partial charge on any atom is -0.466 e. The van der Waals surface area contributed by atoms with E-state index in [1.165, 1.54) is 25.3 Å². The van der Waals surface area contributed by atoms with Crippen LogP contribution < -0.4 is 0 Å². The van der Waals surface area contributed by atoms with E-state index in [-0.39, 0.29) is 17.1 Å². The summed E-state index contributed by atoms with van der Waals surface area (Å²) in [7, 11) is 1.32. The van der Waals surface area contributed by atoms with Crippen LogP contribution in [0.1, 0.15) is 19.3 Å². The van der Waals surface area contributed by atoms with Crippen molar-refractivity contribution in [1.29, 1.82) is 0 Å². The molecule has 0 amide bonds. The highest BCUT2D eigenvalue weighted by Crippen LogP contribution is 2.45. The van der Waals surface area contributed by atoms with E-state index >= 15 is 0 Å². The van der Waals surface area contributed by atoms with Gasteiger partial charge in [0.1, 0.15) is 0 Å². The smallest absolute Gasteiger partial charge is 0.330 e. The van der Waals surface area contributed by atoms with Crippen LogP contribution in [0.4, 0.5) is 0 Å². The van der Waals surface area contributed by atoms with Crippen LogP contribution in [0.2, 0.25) is 0 Å². The molecule has 19 heavy (non-hydrogen) atoms. The third-order valence-electron chi connectivity index (χ3n) is 3.90. The van der Waals surface area contributed by atoms with E-state index in [1.807, 2.05) is 12.2 Å². The Hall–Kier alpha value is -1.68. The molecule has 2 atom stereocenters. The Morgan fingerprint density at radius 2 is 2.16 bits per heavy atom. The van der Waals surface area contributed by atoms with Gasteiger partial charge in [0, 0.05) is 17.4 Å². The lowest BCUT2D eigenvalue weighted by atomic mass is 9.63. The molecular weight excluding hydrogens is 244 g/mol. The summed E-state index contributed by atoms with van der Waals surface area (Å²) in [5, 5.41) is 10.2. The number of hydrogen-bond acceptors (Lipinski definition) is 4. The number of methoxy groups -OCH3 is 1. The topological polar surface area (TPSA) is 63.6 Å². The highest BCUT2D eigenvalue weighted by atomic mass is 16.5. The number of allylic oxidation sites excluding steroid dienone is 4. The maximum Gasteiger partial charge on any atom is 0.330 e. The molecule has 0 aromatic carbocycles. The molecule has 0 heterocycles. The molecule has 0 aromatic heterocycles. The SMILES string of the molecule is COC(=O)/C=C/[C@@H]1[C@@H](O)CCCC12C=CC(=O)C=C2. The molecule has 1 fully saturated rings. The van der Waals surface area contributed by atoms with Gasteiger partial charge < -0.3 is 9.84 Å². The molecule has 4 nitrogen and oxygen atoms in total. The molecule has 1 saturated carbocycles. The summed E-state index contributed by atoms with van der Waals surface area (Å²) >= 11 is 0. The van der Waals surface area contributed by atoms with E-state index in [2.05, 4.69) is 4.74 Å². The summed E-state index contributed by atoms with van der Waals surface area (Å²) in [6.07, 6.45) is 11.8. The van der Waals surface area contributed by atoms with Gasteiger partial charge in [0.05, 0.1) is 13.2 Å². The summed E-state index contributed by atoms with van der Waals surface area (Å²) in [4.78, 5) is 22.5. The summed E-state index contributed by atoms with van der Waals surface area (Å²) in [6.45, 7) is 0. The van der Waals surface area contributed by atoms with E-state index in [0.717, 1.165) is 12.8 Å². The molecule has 0 aliphatic heterocycles. The second-order valence-corrected chi connectivity index (χ2v) is 5.05. The lowest BCUT2D eigenvalue weighted by Crippen LogP contribution is -2.39. The molecular formula is C15H18O4. The first-order valence-corrected chi connectivity index (χ1v) is 6.44. The van der Waals surface area contributed by atoms with Crippen LogP contribution in [0.3, 0.4) is 0 Å². The van der Waals surface area contributed by atoms with Gasteiger partial charge in [-0.2, -0.15) is 0 Å². The van der Waals surface area contributed by atoms with E-state index in [0.29, 0.717) is 6.42 Å². The average Bonchev–Trinajstić information content (AvgIpc) is 2.41. The number of ether oxygens (including phenoxy) is 1. The number of ketones is 1. The van der Waals surface area contributed by atoms with Gasteiger partial charge in [-0.15, -0.1) is 0 Å². The van der Waals surface area contributed by atoms with Crippen molar-refractivity contribution in [3.63, 3.8) is 0 Å². The molecule has 0 aromatic rings. The number of esters is 1. The van der Waals surface area contributed by atoms with Gasteiger partial charge in [0.2, 0.25) is 0 Å². The van der Waals surface area contributed by atoms with Crippen LogP contribution in [-0.4, -0.2) is 30.1 Å². The predicted molar refractivity (Wildman–Crippen MR) is 70.2 cm³/mol. The zero-order valence-corrected chi connectivity index (χ0v) is 10.9. The van der Waals surface area contributed by atoms with Gasteiger partial charge in [0.25, 0.3) is 0 Å². The van der Waals surface area contributed by atoms with Crippen LogP contribution in [0.5, 0.6) is 0 Å². The van der Waals surface area contributed by atoms with Crippen molar-refractivity contribution < 1.29 is 19.4 Å². The second kappa shape index (κ2) is 5.53. The molecule has 4 heteroatoms. The van der Waals surface area contributed by atoms with Gasteiger partial charge in [0.15, 0.2) is 5.78 Å². The monoisotopic (exact) mass is 262 g/mol. The summed E-state index contributed by atoms with van der Waals surface area (Å²) in [5.74, 6) is -0.685. The summed E-state index contributed by atoms with van der Waals surface area (Å²) in [6, 6.07) is 0. The Bertz CT molecular complexity index is 443. The van der Waals surface area contributed by atoms with Crippen molar-refractivity contribution in [2.75, 3.05) is 7.11 Å². The molecule has 2 aliphatic rings. The third-order valence-corrected chi connectivity index (χ3v) is 3.90. The summed E-state index contributed by atoms with van der Waals surface area (Å²) < 4.78 is 4.57. The highest BCUT2D eigenvalue weighted by Gasteiger charge is 2.41. The Morgan fingerprint density at radius 3 is 2.79 bits per heavy atom. The van der Waals surface area contributed by atoms with Gasteiger partial charge in [-0.3, -0.25) is 4.79 Å². The third kappa shape index (κ3) is 2.84. The van der Waals surface area contributed by atoms with Crippen LogP contribution >= 0.6 is 0 Å². The largest absolute Gasteiger partial charge is 0.466 e. The van der Waals surface area contributed by atoms with Crippen LogP contribution in [-0.2, 0) is 14.3 Å². The Kier molecular flexibility index (Phi) is 4.00. The molecule has 2 rings (SSSR count). The molecule has 0 unspecified atom stereocenters. The van der Waals surface area contributed by atoms with E-state index < -0.39 is 12.1 Å². The lowest BCUT2D eigenvalue weighted by molar-refractivity contribution is -0.134. The normalized spacial score (nSPS) is 29.1. The molecule has 102 valence electrons. The highest BCUT2D eigenvalue weighted by molar-refractivity contribution is 6.00. The van der Waals surface area contributed by atoms with Crippen molar-refractivity contribution in [2.24, 2.45) is 11.3 Å². The number of carbonyl (C=O) groups excluding carboxylic acids is 2. The first-order valence-electron chi connectivity index (χ1n) is 6.44. The lowest BCUT2D eigenvalue weighted by Gasteiger charge is -2.42. The molecule has 0 saturated heterocycles. The number of carbonyl (C=O) groups is 2. The number of aliphatic hydroxyl groups is 1. The molecule has 1 N–H and O–H groups in total. The fourth-order valence-corrected chi connectivity index (χ4v) is 2.85. The van der Waals surface area contributed by atoms with Crippen molar-refractivity contribution in [3.05, 3.63) is 36.5 Å². The van der Waals surface area contributed by atoms with E-state index in [1.54, 1.807) is 6.08 Å². The minimum absolute atomic E-state index is 0.0404. The van der Waals surface area contributed by atoms with E-state index in [9.17, 15) is 14.7 Å². The number of rotatable bonds is 2. The maximum absolute atomic E-state index is 11.3. The van der Waals surface area contributed by atoms with Gasteiger partial charge in [-0.05, 0) is 31.4 Å². The van der Waals surface area contributed by atoms with E-state index in [4.69, 9.17) is 0 Å². The van der Waals surface area contributed by atoms with Gasteiger partial charge in [-0.1, -0.05) is 18.2 Å². The molecule has 1 spiro atoms. The van der Waals surface area contributed by atoms with Crippen molar-refractivity contribution in [1.82, 2.24) is 0 Å². The zero-order chi connectivity index (χ0) is 13.9. The molecule has 2 aliphatic carbocycles. The van der Waals surface area contributed by atoms with Crippen molar-refractivity contribution in [2.45, 2.75) is 25.4 Å². The van der Waals surface area contributed by atoms with Crippen molar-refractivity contribution >= 4 is 11.8 Å². The van der Waals surface area contributed by atoms with Crippen LogP contribution in [0.25, 0.3) is 0 Å². The standard InChI is InChI=1S/C15H18O4/c1-19-14(18)5-4-12-13(17)3-2-8-15(12)9-6-11(16)7-10-15/h4-7,9-10,12-13,17H,2-3,8H2,1H3/b5-4+/t12-,13+/m1/s1. The summed E-state index contributed by atoms with van der Waals surface area (Å²) in [5.41, 5.74) is -0.365. The molecule has 0 bridgehead atoms. The minimum atomic E-state index is -0.517. The number of hydrogen-bond donors (Lipinski definition) is 1. The fraction of sp³-hybridized carbons (Fsp3) is 0.467. The van der Waals surface area contributed by atoms with Crippen LogP contribution in [0.15, 0.2) is 36.5 Å². The Morgan fingerprint density at radius 1 is 1.47 bits per heavy atom. The Labute approximate surface area is 112 Å². The first kappa shape index (κ1) is 13.7. The number of aliphatic hydroxyl groups excluding tert-OH is 1. The molecule has 0 radical (unpaired) electrons. The Balaban J connectivity index is 2.27. The maximum atomic E-state index is 11.3.